The Kier molecular flexibility index (Phi) is 18.8. The summed E-state index contributed by atoms with van der Waals surface area (Å²) in [6.07, 6.45) is 1.91. The highest BCUT2D eigenvalue weighted by Crippen LogP contribution is 2.16. The Bertz CT molecular complexity index is 1220. The maximum absolute atomic E-state index is 14.0. The highest BCUT2D eigenvalue weighted by Gasteiger charge is 2.28. The number of alkyl carbamates (subject to hydrolysis) is 1. The maximum atomic E-state index is 14.0. The number of nitrogens with one attached hydrogen (secondary N) is 3. The first-order chi connectivity index (χ1) is 22.2. The van der Waals surface area contributed by atoms with E-state index in [2.05, 4.69) is 28.9 Å². The highest BCUT2D eigenvalue weighted by molar-refractivity contribution is 7.94. The first-order valence-corrected chi connectivity index (χ1v) is 16.6. The van der Waals surface area contributed by atoms with Crippen LogP contribution in [-0.4, -0.2) is 60.3 Å². The van der Waals surface area contributed by atoms with E-state index in [-0.39, 0.29) is 43.4 Å². The molecular formula is C33H46F2N4O6S. The zero-order chi connectivity index (χ0) is 33.7. The van der Waals surface area contributed by atoms with Crippen LogP contribution in [0.4, 0.5) is 13.6 Å². The molecule has 0 aliphatic rings. The minimum Gasteiger partial charge on any atom is -0.448 e. The number of rotatable bonds is 22. The van der Waals surface area contributed by atoms with Crippen molar-refractivity contribution in [1.29, 1.82) is 5.26 Å². The Morgan fingerprint density at radius 2 is 1.70 bits per heavy atom. The summed E-state index contributed by atoms with van der Waals surface area (Å²) >= 11 is 0.818. The number of carbonyl (C=O) groups is 2. The minimum absolute atomic E-state index is 0.0274. The van der Waals surface area contributed by atoms with Crippen molar-refractivity contribution in [1.82, 2.24) is 16.0 Å². The van der Waals surface area contributed by atoms with E-state index in [1.54, 1.807) is 0 Å². The number of aryl methyl sites for hydroxylation is 1. The average molecular weight is 665 g/mol. The molecule has 0 aliphatic carbocycles. The number of halogens is 2. The molecule has 3 atom stereocenters. The van der Waals surface area contributed by atoms with Gasteiger partial charge in [0.15, 0.2) is 0 Å². The van der Waals surface area contributed by atoms with E-state index in [4.69, 9.17) is 19.2 Å². The van der Waals surface area contributed by atoms with E-state index in [0.717, 1.165) is 67.9 Å². The van der Waals surface area contributed by atoms with Gasteiger partial charge >= 0.3 is 6.09 Å². The summed E-state index contributed by atoms with van der Waals surface area (Å²) in [6, 6.07) is 10.6. The first-order valence-electron chi connectivity index (χ1n) is 15.7. The number of hydrogen-bond acceptors (Lipinski definition) is 9. The van der Waals surface area contributed by atoms with Gasteiger partial charge in [-0.05, 0) is 54.5 Å². The van der Waals surface area contributed by atoms with Gasteiger partial charge in [-0.25, -0.2) is 18.5 Å². The van der Waals surface area contributed by atoms with Crippen molar-refractivity contribution in [3.05, 3.63) is 70.8 Å². The number of nitrogens with zero attached hydrogens (tertiary/aromatic N) is 1. The molecule has 0 bridgehead atoms. The molecule has 0 radical (unpaired) electrons. The lowest BCUT2D eigenvalue weighted by molar-refractivity contribution is -0.234. The molecule has 10 nitrogen and oxygen atoms in total. The quantitative estimate of drug-likeness (QED) is 0.0573. The van der Waals surface area contributed by atoms with Gasteiger partial charge in [-0.3, -0.25) is 4.79 Å². The molecule has 254 valence electrons. The SMILES string of the molecule is CCCC(CCC)OOSC[C@@H](NC(=O)OCCC#N)C(=O)N[C@@H](Cc1cc(F)cc(F)c1)[C@H](O)CNCc1cccc(CC)c1. The molecule has 2 amide bonds. The number of carbonyl (C=O) groups excluding carboxylic acids is 2. The van der Waals surface area contributed by atoms with Crippen molar-refractivity contribution < 1.29 is 37.4 Å². The van der Waals surface area contributed by atoms with Gasteiger partial charge < -0.3 is 25.8 Å². The number of hydrogen-bond donors (Lipinski definition) is 4. The van der Waals surface area contributed by atoms with E-state index in [0.29, 0.717) is 6.54 Å². The molecule has 2 aromatic rings. The van der Waals surface area contributed by atoms with Crippen LogP contribution < -0.4 is 16.0 Å². The molecule has 46 heavy (non-hydrogen) atoms. The lowest BCUT2D eigenvalue weighted by Gasteiger charge is -2.27. The standard InChI is InChI=1S/C33H46F2N4O6S/c1-4-9-28(10-5-2)44-45-46-22-30(39-33(42)43-14-8-13-36)32(41)38-29(18-25-16-26(34)19-27(35)17-25)31(40)21-37-20-24-12-7-11-23(6-3)15-24/h7,11-12,15-17,19,28-31,37,40H,4-6,8-10,14,18,20-22H2,1-3H3,(H,38,41)(H,39,42)/t29-,30+,31+/m0/s1. The van der Waals surface area contributed by atoms with Crippen LogP contribution in [0.2, 0.25) is 0 Å². The fourth-order valence-corrected chi connectivity index (χ4v) is 5.23. The van der Waals surface area contributed by atoms with Crippen LogP contribution in [0.25, 0.3) is 0 Å². The van der Waals surface area contributed by atoms with Gasteiger partial charge in [0, 0.05) is 31.2 Å². The van der Waals surface area contributed by atoms with Crippen molar-refractivity contribution in [2.45, 2.75) is 96.6 Å². The van der Waals surface area contributed by atoms with Crippen LogP contribution >= 0.6 is 12.0 Å². The minimum atomic E-state index is -1.21. The van der Waals surface area contributed by atoms with Gasteiger partial charge in [0.25, 0.3) is 0 Å². The number of nitriles is 1. The second-order valence-corrected chi connectivity index (χ2v) is 11.6. The summed E-state index contributed by atoms with van der Waals surface area (Å²) in [5, 5.41) is 28.3. The van der Waals surface area contributed by atoms with Gasteiger partial charge in [-0.2, -0.15) is 9.60 Å². The third-order valence-corrected chi connectivity index (χ3v) is 7.63. The summed E-state index contributed by atoms with van der Waals surface area (Å²) in [5.74, 6) is -2.36. The van der Waals surface area contributed by atoms with E-state index in [1.807, 2.05) is 38.1 Å². The summed E-state index contributed by atoms with van der Waals surface area (Å²) in [7, 11) is 0. The third kappa shape index (κ3) is 15.3. The van der Waals surface area contributed by atoms with Gasteiger partial charge in [-0.1, -0.05) is 57.9 Å². The second kappa shape index (κ2) is 22.3. The number of amides is 2. The van der Waals surface area contributed by atoms with Crippen molar-refractivity contribution in [2.24, 2.45) is 0 Å². The van der Waals surface area contributed by atoms with E-state index < -0.39 is 41.8 Å². The molecule has 13 heteroatoms. The smallest absolute Gasteiger partial charge is 0.407 e. The molecule has 2 rings (SSSR count). The summed E-state index contributed by atoms with van der Waals surface area (Å²) in [5.41, 5.74) is 2.40. The zero-order valence-electron chi connectivity index (χ0n) is 26.7. The summed E-state index contributed by atoms with van der Waals surface area (Å²) < 4.78 is 38.3. The van der Waals surface area contributed by atoms with Crippen LogP contribution in [-0.2, 0) is 38.1 Å². The van der Waals surface area contributed by atoms with Crippen molar-refractivity contribution in [3.8, 4) is 6.07 Å². The molecule has 0 saturated carbocycles. The zero-order valence-corrected chi connectivity index (χ0v) is 27.5. The molecule has 0 aliphatic heterocycles. The van der Waals surface area contributed by atoms with E-state index in [1.165, 1.54) is 5.56 Å². The second-order valence-electron chi connectivity index (χ2n) is 10.9. The monoisotopic (exact) mass is 664 g/mol. The Hall–Kier alpha value is -3.28. The highest BCUT2D eigenvalue weighted by atomic mass is 32.2. The molecular weight excluding hydrogens is 618 g/mol. The Morgan fingerprint density at radius 1 is 1.00 bits per heavy atom. The maximum Gasteiger partial charge on any atom is 0.407 e. The molecule has 0 unspecified atom stereocenters. The van der Waals surface area contributed by atoms with E-state index in [9.17, 15) is 23.5 Å². The predicted octanol–water partition coefficient (Wildman–Crippen LogP) is 5.28. The predicted molar refractivity (Wildman–Crippen MR) is 172 cm³/mol. The molecule has 0 fully saturated rings. The van der Waals surface area contributed by atoms with Crippen molar-refractivity contribution in [3.63, 3.8) is 0 Å². The molecule has 0 aromatic heterocycles. The number of aliphatic hydroxyl groups is 1. The van der Waals surface area contributed by atoms with Crippen LogP contribution in [0.3, 0.4) is 0 Å². The largest absolute Gasteiger partial charge is 0.448 e. The average Bonchev–Trinajstić information content (AvgIpc) is 3.02. The van der Waals surface area contributed by atoms with Crippen LogP contribution in [0, 0.1) is 23.0 Å². The summed E-state index contributed by atoms with van der Waals surface area (Å²) in [4.78, 5) is 31.4. The normalized spacial score (nSPS) is 13.1. The summed E-state index contributed by atoms with van der Waals surface area (Å²) in [6.45, 7) is 6.45. The molecule has 4 N–H and O–H groups in total. The Morgan fingerprint density at radius 3 is 2.35 bits per heavy atom. The number of benzene rings is 2. The third-order valence-electron chi connectivity index (χ3n) is 6.99. The van der Waals surface area contributed by atoms with Gasteiger partial charge in [0.05, 0.1) is 36.5 Å². The van der Waals surface area contributed by atoms with Gasteiger partial charge in [0.1, 0.15) is 24.3 Å². The van der Waals surface area contributed by atoms with E-state index >= 15 is 0 Å². The number of aliphatic hydroxyl groups excluding tert-OH is 1. The van der Waals surface area contributed by atoms with Crippen LogP contribution in [0.5, 0.6) is 0 Å². The van der Waals surface area contributed by atoms with Crippen LogP contribution in [0.1, 0.15) is 69.6 Å². The lowest BCUT2D eigenvalue weighted by atomic mass is 10.00. The fourth-order valence-electron chi connectivity index (χ4n) is 4.64. The topological polar surface area (TPSA) is 142 Å². The Labute approximate surface area is 274 Å². The van der Waals surface area contributed by atoms with Gasteiger partial charge in [0.2, 0.25) is 5.91 Å². The number of ether oxygens (including phenoxy) is 1. The first kappa shape index (κ1) is 38.9. The Balaban J connectivity index is 2.16. The van der Waals surface area contributed by atoms with Crippen LogP contribution in [0.15, 0.2) is 42.5 Å². The van der Waals surface area contributed by atoms with Crippen molar-refractivity contribution in [2.75, 3.05) is 18.9 Å². The van der Waals surface area contributed by atoms with Crippen molar-refractivity contribution >= 4 is 24.0 Å². The lowest BCUT2D eigenvalue weighted by Crippen LogP contribution is -2.55. The molecule has 0 saturated heterocycles. The molecule has 0 heterocycles. The van der Waals surface area contributed by atoms with Gasteiger partial charge in [-0.15, -0.1) is 0 Å². The molecule has 0 spiro atoms. The molecule has 2 aromatic carbocycles. The fraction of sp³-hybridized carbons (Fsp3) is 0.545.